The van der Waals surface area contributed by atoms with Crippen LogP contribution in [0.2, 0.25) is 5.02 Å². The topological polar surface area (TPSA) is 166 Å². The molecule has 0 aliphatic carbocycles. The van der Waals surface area contributed by atoms with Crippen molar-refractivity contribution in [1.82, 2.24) is 20.1 Å². The number of aromatic nitrogens is 4. The highest BCUT2D eigenvalue weighted by molar-refractivity contribution is 6.34. The lowest BCUT2D eigenvalue weighted by molar-refractivity contribution is 0.100. The summed E-state index contributed by atoms with van der Waals surface area (Å²) in [4.78, 5) is 23.8. The molecule has 2 aromatic heterocycles. The number of aliphatic hydroxyl groups is 1. The van der Waals surface area contributed by atoms with Crippen LogP contribution in [0.25, 0.3) is 11.5 Å². The van der Waals surface area contributed by atoms with Crippen LogP contribution in [0.1, 0.15) is 41.5 Å². The van der Waals surface area contributed by atoms with Gasteiger partial charge in [-0.1, -0.05) is 60.9 Å². The van der Waals surface area contributed by atoms with E-state index in [1.54, 1.807) is 12.1 Å². The minimum absolute atomic E-state index is 0.128. The molecule has 0 bridgehead atoms. The Morgan fingerprint density at radius 1 is 1.17 bits per heavy atom. The van der Waals surface area contributed by atoms with Crippen LogP contribution in [0.4, 0.5) is 17.5 Å². The van der Waals surface area contributed by atoms with E-state index in [2.05, 4.69) is 25.4 Å². The third-order valence-corrected chi connectivity index (χ3v) is 5.05. The Morgan fingerprint density at radius 3 is 2.49 bits per heavy atom. The van der Waals surface area contributed by atoms with Gasteiger partial charge < -0.3 is 26.4 Å². The fourth-order valence-electron chi connectivity index (χ4n) is 2.89. The summed E-state index contributed by atoms with van der Waals surface area (Å²) in [6.45, 7) is 4.15. The molecule has 0 aliphatic heterocycles. The molecule has 4 aromatic rings. The Labute approximate surface area is 207 Å². The van der Waals surface area contributed by atoms with E-state index in [1.807, 2.05) is 44.2 Å². The molecule has 6 N–H and O–H groups in total. The zero-order valence-corrected chi connectivity index (χ0v) is 20.0. The first-order valence-corrected chi connectivity index (χ1v) is 11.1. The third kappa shape index (κ3) is 6.98. The van der Waals surface area contributed by atoms with Gasteiger partial charge in [-0.3, -0.25) is 4.79 Å². The Bertz CT molecular complexity index is 1280. The van der Waals surface area contributed by atoms with Crippen LogP contribution < -0.4 is 16.8 Å². The molecule has 0 spiro atoms. The number of nitrogens with zero attached hydrogens (tertiary/aromatic N) is 4. The predicted molar refractivity (Wildman–Crippen MR) is 134 cm³/mol. The van der Waals surface area contributed by atoms with Gasteiger partial charge in [0.05, 0.1) is 10.6 Å². The number of carbonyl (C=O) groups is 1. The minimum Gasteiger partial charge on any atom is -0.396 e. The van der Waals surface area contributed by atoms with E-state index in [1.165, 1.54) is 17.8 Å². The number of benzene rings is 2. The molecular formula is C24H26ClN7O3. The average Bonchev–Trinajstić information content (AvgIpc) is 3.31. The molecule has 0 unspecified atom stereocenters. The third-order valence-electron chi connectivity index (χ3n) is 4.74. The molecule has 1 amide bonds. The summed E-state index contributed by atoms with van der Waals surface area (Å²) in [5.74, 6) is 0.784. The maximum Gasteiger partial charge on any atom is 0.263 e. The second-order valence-electron chi connectivity index (χ2n) is 7.75. The maximum absolute atomic E-state index is 11.2. The Hall–Kier alpha value is -4.02. The number of anilines is 3. The van der Waals surface area contributed by atoms with E-state index >= 15 is 0 Å². The fraction of sp³-hybridized carbons (Fsp3) is 0.208. The van der Waals surface area contributed by atoms with Crippen LogP contribution in [-0.4, -0.2) is 37.7 Å². The molecule has 2 heterocycles. The molecule has 11 heteroatoms. The van der Waals surface area contributed by atoms with Crippen molar-refractivity contribution in [3.63, 3.8) is 0 Å². The van der Waals surface area contributed by atoms with Crippen molar-refractivity contribution in [2.24, 2.45) is 5.73 Å². The van der Waals surface area contributed by atoms with Gasteiger partial charge in [-0.2, -0.15) is 9.97 Å². The Morgan fingerprint density at radius 2 is 1.91 bits per heavy atom. The summed E-state index contributed by atoms with van der Waals surface area (Å²) < 4.78 is 5.20. The van der Waals surface area contributed by atoms with Gasteiger partial charge in [0.2, 0.25) is 11.9 Å². The SMILES string of the molecule is CC(C)c1noc(-c2cnc(Nc3ccc(C(N)=O)c(Cl)c3)nc2N)n1.OCCc1ccccc1. The van der Waals surface area contributed by atoms with Crippen LogP contribution in [0.3, 0.4) is 0 Å². The number of amides is 1. The molecule has 2 aromatic carbocycles. The minimum atomic E-state index is -0.605. The number of nitrogens with two attached hydrogens (primary N) is 2. The number of primary amides is 1. The van der Waals surface area contributed by atoms with Gasteiger partial charge in [0.1, 0.15) is 11.4 Å². The second kappa shape index (κ2) is 11.9. The molecule has 10 nitrogen and oxygen atoms in total. The molecule has 4 rings (SSSR count). The quantitative estimate of drug-likeness (QED) is 0.296. The zero-order valence-electron chi connectivity index (χ0n) is 19.3. The Kier molecular flexibility index (Phi) is 8.71. The summed E-state index contributed by atoms with van der Waals surface area (Å²) in [6.07, 6.45) is 2.25. The van der Waals surface area contributed by atoms with Gasteiger partial charge in [-0.05, 0) is 30.2 Å². The van der Waals surface area contributed by atoms with Gasteiger partial charge >= 0.3 is 0 Å². The first-order chi connectivity index (χ1) is 16.8. The van der Waals surface area contributed by atoms with Gasteiger partial charge in [-0.15, -0.1) is 0 Å². The standard InChI is InChI=1S/C16H16ClN7O2.C8H10O/c1-7(2)14-23-15(26-24-14)10-6-20-16(22-12(10)18)21-8-3-4-9(13(19)25)11(17)5-8;9-7-6-8-4-2-1-3-5-8/h3-7H,1-2H3,(H2,19,25)(H3,18,20,21,22);1-5,9H,6-7H2. The summed E-state index contributed by atoms with van der Waals surface area (Å²) in [5.41, 5.74) is 13.6. The van der Waals surface area contributed by atoms with Crippen LogP contribution in [-0.2, 0) is 6.42 Å². The number of halogens is 1. The molecular weight excluding hydrogens is 470 g/mol. The van der Waals surface area contributed by atoms with E-state index in [0.29, 0.717) is 17.1 Å². The van der Waals surface area contributed by atoms with Gasteiger partial charge in [-0.25, -0.2) is 4.98 Å². The van der Waals surface area contributed by atoms with Crippen LogP contribution in [0.5, 0.6) is 0 Å². The number of carbonyl (C=O) groups excluding carboxylic acids is 1. The van der Waals surface area contributed by atoms with Crippen molar-refractivity contribution in [2.45, 2.75) is 26.2 Å². The van der Waals surface area contributed by atoms with Gasteiger partial charge in [0.25, 0.3) is 5.89 Å². The van der Waals surface area contributed by atoms with Crippen molar-refractivity contribution < 1.29 is 14.4 Å². The first kappa shape index (κ1) is 25.6. The lowest BCUT2D eigenvalue weighted by Crippen LogP contribution is -2.11. The van der Waals surface area contributed by atoms with E-state index in [0.717, 1.165) is 6.42 Å². The maximum atomic E-state index is 11.2. The monoisotopic (exact) mass is 495 g/mol. The molecule has 0 saturated carbocycles. The smallest absolute Gasteiger partial charge is 0.263 e. The second-order valence-corrected chi connectivity index (χ2v) is 8.16. The number of hydrogen-bond acceptors (Lipinski definition) is 9. The first-order valence-electron chi connectivity index (χ1n) is 10.8. The largest absolute Gasteiger partial charge is 0.396 e. The van der Waals surface area contributed by atoms with Crippen molar-refractivity contribution in [1.29, 1.82) is 0 Å². The molecule has 0 atom stereocenters. The lowest BCUT2D eigenvalue weighted by Gasteiger charge is -2.08. The molecule has 0 saturated heterocycles. The van der Waals surface area contributed by atoms with Crippen LogP contribution in [0.15, 0.2) is 59.3 Å². The summed E-state index contributed by atoms with van der Waals surface area (Å²) in [6, 6.07) is 14.6. The molecule has 0 radical (unpaired) electrons. The Balaban J connectivity index is 0.000000320. The highest BCUT2D eigenvalue weighted by Gasteiger charge is 2.16. The molecule has 0 fully saturated rings. The molecule has 0 aliphatic rings. The number of nitrogens with one attached hydrogen (secondary N) is 1. The van der Waals surface area contributed by atoms with Gasteiger partial charge in [0, 0.05) is 24.4 Å². The normalized spacial score (nSPS) is 10.5. The highest BCUT2D eigenvalue weighted by Crippen LogP contribution is 2.26. The van der Waals surface area contributed by atoms with Crippen molar-refractivity contribution in [3.05, 3.63) is 76.7 Å². The summed E-state index contributed by atoms with van der Waals surface area (Å²) in [5, 5.41) is 15.6. The lowest BCUT2D eigenvalue weighted by atomic mass is 10.2. The van der Waals surface area contributed by atoms with Crippen molar-refractivity contribution in [3.8, 4) is 11.5 Å². The van der Waals surface area contributed by atoms with Crippen molar-refractivity contribution in [2.75, 3.05) is 17.7 Å². The van der Waals surface area contributed by atoms with E-state index < -0.39 is 5.91 Å². The average molecular weight is 496 g/mol. The molecule has 182 valence electrons. The fourth-order valence-corrected chi connectivity index (χ4v) is 3.17. The van der Waals surface area contributed by atoms with Crippen LogP contribution >= 0.6 is 11.6 Å². The molecule has 35 heavy (non-hydrogen) atoms. The number of aliphatic hydroxyl groups excluding tert-OH is 1. The summed E-state index contributed by atoms with van der Waals surface area (Å²) >= 11 is 6.02. The van der Waals surface area contributed by atoms with E-state index in [4.69, 9.17) is 32.7 Å². The van der Waals surface area contributed by atoms with E-state index in [-0.39, 0.29) is 40.8 Å². The number of rotatable bonds is 7. The van der Waals surface area contributed by atoms with Crippen molar-refractivity contribution >= 4 is 35.0 Å². The van der Waals surface area contributed by atoms with E-state index in [9.17, 15) is 4.79 Å². The van der Waals surface area contributed by atoms with Crippen LogP contribution in [0, 0.1) is 0 Å². The highest BCUT2D eigenvalue weighted by atomic mass is 35.5. The number of nitrogen functional groups attached to an aromatic ring is 1. The zero-order chi connectivity index (χ0) is 25.4. The summed E-state index contributed by atoms with van der Waals surface area (Å²) in [7, 11) is 0. The van der Waals surface area contributed by atoms with Gasteiger partial charge in [0.15, 0.2) is 5.82 Å². The number of hydrogen-bond donors (Lipinski definition) is 4. The predicted octanol–water partition coefficient (Wildman–Crippen LogP) is 3.95.